The quantitative estimate of drug-likeness (QED) is 0.489. The lowest BCUT2D eigenvalue weighted by atomic mass is 10.2. The first-order valence-corrected chi connectivity index (χ1v) is 10.7. The first-order valence-electron chi connectivity index (χ1n) is 8.15. The molecule has 0 aliphatic heterocycles. The third-order valence-corrected chi connectivity index (χ3v) is 7.11. The molecule has 6 nitrogen and oxygen atoms in total. The van der Waals surface area contributed by atoms with Gasteiger partial charge < -0.3 is 9.72 Å². The summed E-state index contributed by atoms with van der Waals surface area (Å²) in [4.78, 5) is 37.8. The summed E-state index contributed by atoms with van der Waals surface area (Å²) in [7, 11) is 0. The molecular weight excluding hydrogens is 390 g/mol. The van der Waals surface area contributed by atoms with Crippen molar-refractivity contribution in [3.63, 3.8) is 0 Å². The summed E-state index contributed by atoms with van der Waals surface area (Å²) in [6.07, 6.45) is 0.175. The van der Waals surface area contributed by atoms with Gasteiger partial charge in [-0.1, -0.05) is 11.8 Å². The Morgan fingerprint density at radius 2 is 2.15 bits per heavy atom. The lowest BCUT2D eigenvalue weighted by molar-refractivity contribution is -0.142. The van der Waals surface area contributed by atoms with Gasteiger partial charge in [0.15, 0.2) is 4.34 Å². The normalized spacial score (nSPS) is 12.5. The zero-order valence-corrected chi connectivity index (χ0v) is 17.4. The highest BCUT2D eigenvalue weighted by molar-refractivity contribution is 8.01. The molecule has 0 saturated heterocycles. The lowest BCUT2D eigenvalue weighted by Gasteiger charge is -2.08. The van der Waals surface area contributed by atoms with Crippen LogP contribution in [0.1, 0.15) is 41.1 Å². The standard InChI is InChI=1S/C17H19N3O3S3/c1-5-23-12(21)6-11-7-24-17(18-11)26-10(4)14-19-15(22)13-8(2)9(3)25-16(13)20-14/h7,10H,5-6H2,1-4H3,(H,19,20,22)/t10-/m1/s1. The topological polar surface area (TPSA) is 84.9 Å². The number of thiophene rings is 1. The first kappa shape index (κ1) is 19.1. The van der Waals surface area contributed by atoms with Gasteiger partial charge in [0, 0.05) is 10.3 Å². The van der Waals surface area contributed by atoms with Crippen LogP contribution in [0.4, 0.5) is 0 Å². The van der Waals surface area contributed by atoms with Crippen LogP contribution >= 0.6 is 34.4 Å². The molecule has 9 heteroatoms. The fraction of sp³-hybridized carbons (Fsp3) is 0.412. The summed E-state index contributed by atoms with van der Waals surface area (Å²) in [5.74, 6) is 0.359. The number of carbonyl (C=O) groups excluding carboxylic acids is 1. The predicted octanol–water partition coefficient (Wildman–Crippen LogP) is 4.02. The number of aryl methyl sites for hydroxylation is 2. The molecule has 0 aliphatic rings. The van der Waals surface area contributed by atoms with Crippen molar-refractivity contribution in [2.75, 3.05) is 6.61 Å². The highest BCUT2D eigenvalue weighted by Crippen LogP contribution is 2.36. The number of rotatable bonds is 6. The number of ether oxygens (including phenoxy) is 1. The smallest absolute Gasteiger partial charge is 0.311 e. The lowest BCUT2D eigenvalue weighted by Crippen LogP contribution is -2.12. The molecule has 3 aromatic rings. The molecule has 0 unspecified atom stereocenters. The third-order valence-electron chi connectivity index (χ3n) is 3.88. The van der Waals surface area contributed by atoms with Crippen LogP contribution in [0.15, 0.2) is 14.5 Å². The molecule has 138 valence electrons. The van der Waals surface area contributed by atoms with Gasteiger partial charge >= 0.3 is 5.97 Å². The predicted molar refractivity (Wildman–Crippen MR) is 106 cm³/mol. The van der Waals surface area contributed by atoms with Gasteiger partial charge in [0.1, 0.15) is 10.7 Å². The number of nitrogens with one attached hydrogen (secondary N) is 1. The van der Waals surface area contributed by atoms with Crippen molar-refractivity contribution in [2.45, 2.75) is 43.7 Å². The van der Waals surface area contributed by atoms with E-state index in [1.807, 2.05) is 26.2 Å². The highest BCUT2D eigenvalue weighted by atomic mass is 32.2. The van der Waals surface area contributed by atoms with E-state index in [2.05, 4.69) is 15.0 Å². The van der Waals surface area contributed by atoms with Crippen LogP contribution in [0.3, 0.4) is 0 Å². The number of fused-ring (bicyclic) bond motifs is 1. The van der Waals surface area contributed by atoms with Gasteiger partial charge in [-0.3, -0.25) is 9.59 Å². The average Bonchev–Trinajstić information content (AvgIpc) is 3.12. The number of hydrogen-bond acceptors (Lipinski definition) is 8. The molecule has 0 spiro atoms. The van der Waals surface area contributed by atoms with E-state index < -0.39 is 0 Å². The second-order valence-electron chi connectivity index (χ2n) is 5.76. The second kappa shape index (κ2) is 7.89. The molecule has 0 fully saturated rings. The maximum atomic E-state index is 12.4. The Labute approximate surface area is 163 Å². The van der Waals surface area contributed by atoms with Gasteiger partial charge in [-0.05, 0) is 33.3 Å². The zero-order valence-electron chi connectivity index (χ0n) is 14.9. The molecule has 26 heavy (non-hydrogen) atoms. The maximum absolute atomic E-state index is 12.4. The Bertz CT molecular complexity index is 1010. The monoisotopic (exact) mass is 409 g/mol. The first-order chi connectivity index (χ1) is 12.4. The number of hydrogen-bond donors (Lipinski definition) is 1. The van der Waals surface area contributed by atoms with Crippen molar-refractivity contribution in [3.05, 3.63) is 37.7 Å². The van der Waals surface area contributed by atoms with E-state index in [-0.39, 0.29) is 23.2 Å². The number of carbonyl (C=O) groups is 1. The number of nitrogens with zero attached hydrogens (tertiary/aromatic N) is 2. The van der Waals surface area contributed by atoms with E-state index in [1.165, 1.54) is 23.1 Å². The molecule has 0 aliphatic carbocycles. The summed E-state index contributed by atoms with van der Waals surface area (Å²) in [5.41, 5.74) is 1.60. The van der Waals surface area contributed by atoms with E-state index in [4.69, 9.17) is 4.74 Å². The summed E-state index contributed by atoms with van der Waals surface area (Å²) < 4.78 is 5.77. The van der Waals surface area contributed by atoms with Crippen LogP contribution < -0.4 is 5.56 Å². The number of H-pyrrole nitrogens is 1. The van der Waals surface area contributed by atoms with Crippen molar-refractivity contribution >= 4 is 50.6 Å². The van der Waals surface area contributed by atoms with Crippen molar-refractivity contribution in [1.29, 1.82) is 0 Å². The van der Waals surface area contributed by atoms with E-state index in [9.17, 15) is 9.59 Å². The number of thiazole rings is 1. The largest absolute Gasteiger partial charge is 0.466 e. The minimum Gasteiger partial charge on any atom is -0.466 e. The zero-order chi connectivity index (χ0) is 18.8. The molecule has 1 atom stereocenters. The van der Waals surface area contributed by atoms with Crippen molar-refractivity contribution in [3.8, 4) is 0 Å². The Kier molecular flexibility index (Phi) is 5.79. The maximum Gasteiger partial charge on any atom is 0.311 e. The molecule has 0 saturated carbocycles. The average molecular weight is 410 g/mol. The SMILES string of the molecule is CCOC(=O)Cc1csc(S[C@H](C)c2nc3sc(C)c(C)c3c(=O)[nH]2)n1. The molecule has 0 radical (unpaired) electrons. The van der Waals surface area contributed by atoms with Gasteiger partial charge in [0.2, 0.25) is 0 Å². The Balaban J connectivity index is 1.77. The molecular formula is C17H19N3O3S3. The van der Waals surface area contributed by atoms with E-state index >= 15 is 0 Å². The molecule has 3 aromatic heterocycles. The fourth-order valence-electron chi connectivity index (χ4n) is 2.45. The highest BCUT2D eigenvalue weighted by Gasteiger charge is 2.18. The summed E-state index contributed by atoms with van der Waals surface area (Å²) in [5, 5.41) is 2.48. The van der Waals surface area contributed by atoms with Gasteiger partial charge in [0.05, 0.1) is 29.4 Å². The summed E-state index contributed by atoms with van der Waals surface area (Å²) in [6, 6.07) is 0. The van der Waals surface area contributed by atoms with Crippen LogP contribution in [0.5, 0.6) is 0 Å². The minimum absolute atomic E-state index is 0.0589. The number of aromatic amines is 1. The Hall–Kier alpha value is -1.71. The van der Waals surface area contributed by atoms with Crippen molar-refractivity contribution < 1.29 is 9.53 Å². The molecule has 3 rings (SSSR count). The van der Waals surface area contributed by atoms with Crippen LogP contribution in [0, 0.1) is 13.8 Å². The number of esters is 1. The third kappa shape index (κ3) is 3.99. The molecule has 1 N–H and O–H groups in total. The molecule has 0 amide bonds. The van der Waals surface area contributed by atoms with Gasteiger partial charge in [-0.15, -0.1) is 22.7 Å². The fourth-order valence-corrected chi connectivity index (χ4v) is 5.53. The van der Waals surface area contributed by atoms with Crippen LogP contribution in [-0.4, -0.2) is 27.5 Å². The van der Waals surface area contributed by atoms with E-state index in [0.29, 0.717) is 23.5 Å². The summed E-state index contributed by atoms with van der Waals surface area (Å²) in [6.45, 7) is 8.07. The van der Waals surface area contributed by atoms with Crippen molar-refractivity contribution in [2.24, 2.45) is 0 Å². The van der Waals surface area contributed by atoms with Gasteiger partial charge in [-0.25, -0.2) is 9.97 Å². The molecule has 0 bridgehead atoms. The van der Waals surface area contributed by atoms with Gasteiger partial charge in [0.25, 0.3) is 5.56 Å². The summed E-state index contributed by atoms with van der Waals surface area (Å²) >= 11 is 4.53. The Morgan fingerprint density at radius 3 is 2.88 bits per heavy atom. The van der Waals surface area contributed by atoms with Crippen molar-refractivity contribution in [1.82, 2.24) is 15.0 Å². The minimum atomic E-state index is -0.276. The van der Waals surface area contributed by atoms with Crippen LogP contribution in [0.2, 0.25) is 0 Å². The molecule has 0 aromatic carbocycles. The van der Waals surface area contributed by atoms with E-state index in [1.54, 1.807) is 18.3 Å². The number of thioether (sulfide) groups is 1. The number of aromatic nitrogens is 3. The molecule has 3 heterocycles. The van der Waals surface area contributed by atoms with Crippen LogP contribution in [0.25, 0.3) is 10.2 Å². The van der Waals surface area contributed by atoms with Crippen LogP contribution in [-0.2, 0) is 16.0 Å². The van der Waals surface area contributed by atoms with Gasteiger partial charge in [-0.2, -0.15) is 0 Å². The van der Waals surface area contributed by atoms with E-state index in [0.717, 1.165) is 19.6 Å². The Morgan fingerprint density at radius 1 is 1.38 bits per heavy atom. The second-order valence-corrected chi connectivity index (χ2v) is 9.41.